The van der Waals surface area contributed by atoms with Crippen LogP contribution in [0.5, 0.6) is 0 Å². The molecule has 0 fully saturated rings. The third-order valence-electron chi connectivity index (χ3n) is 2.93. The first-order valence-corrected chi connectivity index (χ1v) is 7.09. The van der Waals surface area contributed by atoms with Gasteiger partial charge in [-0.15, -0.1) is 0 Å². The second kappa shape index (κ2) is 6.71. The number of anilines is 1. The molecule has 0 spiro atoms. The van der Waals surface area contributed by atoms with Crippen molar-refractivity contribution in [2.24, 2.45) is 5.73 Å². The highest BCUT2D eigenvalue weighted by atomic mass is 79.9. The van der Waals surface area contributed by atoms with Gasteiger partial charge in [0.05, 0.1) is 0 Å². The molecule has 0 atom stereocenters. The summed E-state index contributed by atoms with van der Waals surface area (Å²) < 4.78 is 1.11. The van der Waals surface area contributed by atoms with Crippen LogP contribution in [0.2, 0.25) is 0 Å². The maximum Gasteiger partial charge on any atom is 0.133 e. The van der Waals surface area contributed by atoms with Crippen molar-refractivity contribution in [2.75, 3.05) is 18.4 Å². The van der Waals surface area contributed by atoms with Crippen LogP contribution in [0, 0.1) is 0 Å². The number of fused-ring (bicyclic) bond motifs is 1. The largest absolute Gasteiger partial charge is 0.370 e. The zero-order valence-electron chi connectivity index (χ0n) is 10.3. The van der Waals surface area contributed by atoms with Crippen LogP contribution in [-0.4, -0.2) is 18.1 Å². The van der Waals surface area contributed by atoms with Gasteiger partial charge in [-0.25, -0.2) is 4.98 Å². The van der Waals surface area contributed by atoms with Crippen molar-refractivity contribution in [2.45, 2.75) is 19.3 Å². The molecule has 1 aromatic carbocycles. The number of hydrogen-bond donors (Lipinski definition) is 2. The minimum atomic E-state index is 0.777. The predicted octanol–water partition coefficient (Wildman–Crippen LogP) is 3.54. The average Bonchev–Trinajstić information content (AvgIpc) is 2.39. The normalized spacial score (nSPS) is 10.8. The number of nitrogens with two attached hydrogens (primary N) is 1. The van der Waals surface area contributed by atoms with E-state index in [1.165, 1.54) is 5.39 Å². The summed E-state index contributed by atoms with van der Waals surface area (Å²) in [7, 11) is 0. The second-order valence-electron chi connectivity index (χ2n) is 4.27. The quantitative estimate of drug-likeness (QED) is 0.803. The maximum absolute atomic E-state index is 5.47. The first-order valence-electron chi connectivity index (χ1n) is 6.30. The lowest BCUT2D eigenvalue weighted by atomic mass is 10.1. The Labute approximate surface area is 116 Å². The van der Waals surface area contributed by atoms with E-state index in [1.807, 2.05) is 24.4 Å². The summed E-state index contributed by atoms with van der Waals surface area (Å²) in [5.41, 5.74) is 5.47. The zero-order chi connectivity index (χ0) is 12.8. The highest BCUT2D eigenvalue weighted by molar-refractivity contribution is 9.10. The Kier molecular flexibility index (Phi) is 4.96. The van der Waals surface area contributed by atoms with Crippen LogP contribution >= 0.6 is 15.9 Å². The Balaban J connectivity index is 2.07. The number of nitrogens with one attached hydrogen (secondary N) is 1. The third kappa shape index (κ3) is 3.21. The molecule has 1 heterocycles. The summed E-state index contributed by atoms with van der Waals surface area (Å²) in [6.45, 7) is 1.72. The molecule has 3 nitrogen and oxygen atoms in total. The highest BCUT2D eigenvalue weighted by Crippen LogP contribution is 2.27. The van der Waals surface area contributed by atoms with Gasteiger partial charge in [-0.3, -0.25) is 0 Å². The number of aromatic nitrogens is 1. The number of nitrogens with zero attached hydrogens (tertiary/aromatic N) is 1. The van der Waals surface area contributed by atoms with E-state index in [0.29, 0.717) is 0 Å². The lowest BCUT2D eigenvalue weighted by Gasteiger charge is -2.09. The molecule has 1 aromatic heterocycles. The highest BCUT2D eigenvalue weighted by Gasteiger charge is 2.03. The van der Waals surface area contributed by atoms with E-state index in [-0.39, 0.29) is 0 Å². The number of halogens is 1. The molecule has 3 N–H and O–H groups in total. The monoisotopic (exact) mass is 307 g/mol. The maximum atomic E-state index is 5.47. The summed E-state index contributed by atoms with van der Waals surface area (Å²) in [6, 6.07) is 8.20. The first kappa shape index (κ1) is 13.3. The van der Waals surface area contributed by atoms with Crippen molar-refractivity contribution in [3.05, 3.63) is 34.9 Å². The second-order valence-corrected chi connectivity index (χ2v) is 5.12. The van der Waals surface area contributed by atoms with Gasteiger partial charge < -0.3 is 11.1 Å². The van der Waals surface area contributed by atoms with E-state index in [4.69, 9.17) is 5.73 Å². The summed E-state index contributed by atoms with van der Waals surface area (Å²) in [6.07, 6.45) is 5.23. The molecule has 0 aliphatic rings. The van der Waals surface area contributed by atoms with Crippen molar-refractivity contribution < 1.29 is 0 Å². The van der Waals surface area contributed by atoms with Crippen molar-refractivity contribution in [3.63, 3.8) is 0 Å². The van der Waals surface area contributed by atoms with E-state index in [0.717, 1.165) is 48.0 Å². The molecular formula is C14H18BrN3. The number of unbranched alkanes of at least 4 members (excludes halogenated alkanes) is 2. The number of hydrogen-bond acceptors (Lipinski definition) is 3. The van der Waals surface area contributed by atoms with Crippen LogP contribution in [-0.2, 0) is 0 Å². The number of pyridine rings is 1. The van der Waals surface area contributed by atoms with Crippen LogP contribution in [0.15, 0.2) is 34.9 Å². The van der Waals surface area contributed by atoms with Gasteiger partial charge in [-0.2, -0.15) is 0 Å². The molecule has 4 heteroatoms. The fourth-order valence-corrected chi connectivity index (χ4v) is 2.46. The van der Waals surface area contributed by atoms with E-state index in [1.54, 1.807) is 0 Å². The summed E-state index contributed by atoms with van der Waals surface area (Å²) in [5, 5.41) is 5.75. The van der Waals surface area contributed by atoms with Crippen LogP contribution in [0.3, 0.4) is 0 Å². The predicted molar refractivity (Wildman–Crippen MR) is 80.8 cm³/mol. The molecule has 0 unspecified atom stereocenters. The Morgan fingerprint density at radius 3 is 2.83 bits per heavy atom. The van der Waals surface area contributed by atoms with Gasteiger partial charge in [0.1, 0.15) is 5.82 Å². The van der Waals surface area contributed by atoms with Crippen LogP contribution in [0.25, 0.3) is 10.8 Å². The molecule has 0 radical (unpaired) electrons. The van der Waals surface area contributed by atoms with Crippen LogP contribution in [0.4, 0.5) is 5.82 Å². The van der Waals surface area contributed by atoms with E-state index in [9.17, 15) is 0 Å². The van der Waals surface area contributed by atoms with Crippen molar-refractivity contribution in [1.82, 2.24) is 4.98 Å². The molecule has 96 valence electrons. The molecule has 0 amide bonds. The molecule has 0 saturated heterocycles. The van der Waals surface area contributed by atoms with E-state index < -0.39 is 0 Å². The van der Waals surface area contributed by atoms with E-state index in [2.05, 4.69) is 32.3 Å². The molecule has 0 bridgehead atoms. The van der Waals surface area contributed by atoms with Gasteiger partial charge in [0.2, 0.25) is 0 Å². The molecule has 0 aliphatic carbocycles. The fraction of sp³-hybridized carbons (Fsp3) is 0.357. The standard InChI is InChI=1S/C14H18BrN3/c15-13-6-4-5-12-11(13)7-10-18-14(12)17-9-3-1-2-8-16/h4-7,10H,1-3,8-9,16H2,(H,17,18). The van der Waals surface area contributed by atoms with Gasteiger partial charge in [0.15, 0.2) is 0 Å². The summed E-state index contributed by atoms with van der Waals surface area (Å²) in [4.78, 5) is 4.41. The molecule has 2 rings (SSSR count). The fourth-order valence-electron chi connectivity index (χ4n) is 1.96. The Morgan fingerprint density at radius 1 is 1.11 bits per heavy atom. The minimum Gasteiger partial charge on any atom is -0.370 e. The Bertz CT molecular complexity index is 513. The number of benzene rings is 1. The van der Waals surface area contributed by atoms with Crippen LogP contribution < -0.4 is 11.1 Å². The Hall–Kier alpha value is -1.13. The minimum absolute atomic E-state index is 0.777. The van der Waals surface area contributed by atoms with Gasteiger partial charge in [-0.1, -0.05) is 34.5 Å². The van der Waals surface area contributed by atoms with Crippen molar-refractivity contribution in [1.29, 1.82) is 0 Å². The third-order valence-corrected chi connectivity index (χ3v) is 3.62. The smallest absolute Gasteiger partial charge is 0.133 e. The zero-order valence-corrected chi connectivity index (χ0v) is 11.9. The lowest BCUT2D eigenvalue weighted by molar-refractivity contribution is 0.706. The van der Waals surface area contributed by atoms with Gasteiger partial charge in [-0.05, 0) is 31.5 Å². The number of rotatable bonds is 6. The Morgan fingerprint density at radius 2 is 2.00 bits per heavy atom. The average molecular weight is 308 g/mol. The first-order chi connectivity index (χ1) is 8.83. The van der Waals surface area contributed by atoms with E-state index >= 15 is 0 Å². The van der Waals surface area contributed by atoms with Crippen molar-refractivity contribution >= 4 is 32.5 Å². The molecule has 0 saturated carbocycles. The summed E-state index contributed by atoms with van der Waals surface area (Å²) in [5.74, 6) is 0.960. The summed E-state index contributed by atoms with van der Waals surface area (Å²) >= 11 is 3.56. The topological polar surface area (TPSA) is 50.9 Å². The molecule has 18 heavy (non-hydrogen) atoms. The molecule has 2 aromatic rings. The molecule has 0 aliphatic heterocycles. The van der Waals surface area contributed by atoms with Crippen molar-refractivity contribution in [3.8, 4) is 0 Å². The van der Waals surface area contributed by atoms with Gasteiger partial charge in [0.25, 0.3) is 0 Å². The molecular weight excluding hydrogens is 290 g/mol. The lowest BCUT2D eigenvalue weighted by Crippen LogP contribution is -2.05. The van der Waals surface area contributed by atoms with Gasteiger partial charge >= 0.3 is 0 Å². The van der Waals surface area contributed by atoms with Gasteiger partial charge in [0, 0.05) is 28.0 Å². The SMILES string of the molecule is NCCCCCNc1nccc2c(Br)cccc12. The van der Waals surface area contributed by atoms with Crippen LogP contribution in [0.1, 0.15) is 19.3 Å².